The maximum absolute atomic E-state index is 12.0. The highest BCUT2D eigenvalue weighted by atomic mass is 16.6. The van der Waals surface area contributed by atoms with Gasteiger partial charge in [-0.2, -0.15) is 0 Å². The molecule has 0 radical (unpaired) electrons. The Kier molecular flexibility index (Phi) is 6.99. The highest BCUT2D eigenvalue weighted by molar-refractivity contribution is 5.69. The molecular weight excluding hydrogens is 404 g/mol. The molecule has 3 heterocycles. The van der Waals surface area contributed by atoms with Crippen molar-refractivity contribution in [3.8, 4) is 11.6 Å². The maximum Gasteiger partial charge on any atom is 0.306 e. The molecule has 2 aliphatic rings. The topological polar surface area (TPSA) is 60.9 Å². The summed E-state index contributed by atoms with van der Waals surface area (Å²) in [5.74, 6) is 1.80. The second-order valence-corrected chi connectivity index (χ2v) is 9.81. The largest absolute Gasteiger partial charge is 0.484 e. The van der Waals surface area contributed by atoms with Crippen LogP contribution in [-0.2, 0) is 16.1 Å². The van der Waals surface area contributed by atoms with Gasteiger partial charge in [0, 0.05) is 19.2 Å². The summed E-state index contributed by atoms with van der Waals surface area (Å²) in [5, 5.41) is 0. The summed E-state index contributed by atoms with van der Waals surface area (Å²) in [4.78, 5) is 18.7. The molecule has 0 aliphatic carbocycles. The van der Waals surface area contributed by atoms with Gasteiger partial charge in [-0.25, -0.2) is 4.98 Å². The normalized spacial score (nSPS) is 19.5. The Balaban J connectivity index is 1.21. The van der Waals surface area contributed by atoms with Gasteiger partial charge < -0.3 is 14.2 Å². The van der Waals surface area contributed by atoms with E-state index < -0.39 is 5.60 Å². The minimum Gasteiger partial charge on any atom is -0.484 e. The van der Waals surface area contributed by atoms with Crippen LogP contribution in [0.1, 0.15) is 63.7 Å². The van der Waals surface area contributed by atoms with Crippen LogP contribution in [0.2, 0.25) is 0 Å². The number of carbonyl (C=O) groups is 1. The van der Waals surface area contributed by atoms with E-state index >= 15 is 0 Å². The molecular formula is C26H34N2O4. The van der Waals surface area contributed by atoms with Crippen LogP contribution in [0.3, 0.4) is 0 Å². The van der Waals surface area contributed by atoms with Crippen molar-refractivity contribution in [1.82, 2.24) is 9.88 Å². The van der Waals surface area contributed by atoms with Gasteiger partial charge in [0.05, 0.1) is 0 Å². The molecule has 172 valence electrons. The van der Waals surface area contributed by atoms with Crippen LogP contribution < -0.4 is 9.47 Å². The van der Waals surface area contributed by atoms with E-state index in [1.807, 2.05) is 32.9 Å². The molecule has 1 saturated heterocycles. The van der Waals surface area contributed by atoms with Crippen LogP contribution >= 0.6 is 0 Å². The molecule has 6 nitrogen and oxygen atoms in total. The van der Waals surface area contributed by atoms with Gasteiger partial charge in [-0.15, -0.1) is 0 Å². The van der Waals surface area contributed by atoms with Gasteiger partial charge in [0.1, 0.15) is 12.2 Å². The predicted molar refractivity (Wildman–Crippen MR) is 123 cm³/mol. The smallest absolute Gasteiger partial charge is 0.306 e. The van der Waals surface area contributed by atoms with Crippen molar-refractivity contribution in [3.05, 3.63) is 53.7 Å². The van der Waals surface area contributed by atoms with Crippen LogP contribution in [0.25, 0.3) is 0 Å². The highest BCUT2D eigenvalue weighted by Crippen LogP contribution is 2.34. The van der Waals surface area contributed by atoms with Crippen LogP contribution in [0.15, 0.2) is 42.6 Å². The molecule has 6 heteroatoms. The summed E-state index contributed by atoms with van der Waals surface area (Å²) in [6.07, 6.45) is 5.32. The zero-order valence-corrected chi connectivity index (χ0v) is 19.4. The van der Waals surface area contributed by atoms with Gasteiger partial charge in [0.15, 0.2) is 11.9 Å². The summed E-state index contributed by atoms with van der Waals surface area (Å²) in [6.45, 7) is 9.35. The Hall–Kier alpha value is -2.60. The first-order valence-corrected chi connectivity index (χ1v) is 11.6. The molecule has 0 unspecified atom stereocenters. The molecule has 1 aromatic heterocycles. The number of aromatic nitrogens is 1. The quantitative estimate of drug-likeness (QED) is 0.596. The summed E-state index contributed by atoms with van der Waals surface area (Å²) in [5.41, 5.74) is 2.01. The van der Waals surface area contributed by atoms with E-state index in [9.17, 15) is 4.79 Å². The summed E-state index contributed by atoms with van der Waals surface area (Å²) < 4.78 is 17.2. The lowest BCUT2D eigenvalue weighted by Crippen LogP contribution is -2.33. The zero-order chi connectivity index (χ0) is 22.6. The second kappa shape index (κ2) is 9.90. The number of fused-ring (bicyclic) bond motifs is 1. The number of hydrogen-bond donors (Lipinski definition) is 0. The standard InChI is InChI=1S/C26H34N2O4/c1-26(2,3)32-24(29)11-8-19-12-15-28(16-13-19)17-20-6-9-21(10-7-20)23-18-30-22-5-4-14-27-25(22)31-23/h4-7,9-10,14,19,23H,8,11-13,15-18H2,1-3H3/t23-/m1/s1. The fourth-order valence-corrected chi connectivity index (χ4v) is 4.32. The molecule has 4 rings (SSSR count). The van der Waals surface area contributed by atoms with Crippen LogP contribution in [0.4, 0.5) is 0 Å². The van der Waals surface area contributed by atoms with Gasteiger partial charge in [0.25, 0.3) is 5.88 Å². The molecule has 1 fully saturated rings. The van der Waals surface area contributed by atoms with Crippen molar-refractivity contribution in [1.29, 1.82) is 0 Å². The van der Waals surface area contributed by atoms with Crippen molar-refractivity contribution in [2.45, 2.75) is 64.7 Å². The van der Waals surface area contributed by atoms with Crippen molar-refractivity contribution in [2.24, 2.45) is 5.92 Å². The molecule has 0 bridgehead atoms. The molecule has 2 aromatic rings. The molecule has 0 spiro atoms. The zero-order valence-electron chi connectivity index (χ0n) is 19.4. The summed E-state index contributed by atoms with van der Waals surface area (Å²) >= 11 is 0. The molecule has 0 N–H and O–H groups in total. The molecule has 0 saturated carbocycles. The Morgan fingerprint density at radius 1 is 1.16 bits per heavy atom. The average Bonchev–Trinajstić information content (AvgIpc) is 2.78. The number of carbonyl (C=O) groups excluding carboxylic acids is 1. The molecule has 1 aromatic carbocycles. The third-order valence-corrected chi connectivity index (χ3v) is 6.02. The number of rotatable bonds is 6. The van der Waals surface area contributed by atoms with Gasteiger partial charge in [0.2, 0.25) is 0 Å². The van der Waals surface area contributed by atoms with E-state index in [0.717, 1.165) is 44.5 Å². The van der Waals surface area contributed by atoms with Crippen molar-refractivity contribution in [2.75, 3.05) is 19.7 Å². The number of pyridine rings is 1. The number of piperidine rings is 1. The fraction of sp³-hybridized carbons (Fsp3) is 0.538. The van der Waals surface area contributed by atoms with Gasteiger partial charge in [-0.3, -0.25) is 9.69 Å². The Labute approximate surface area is 190 Å². The van der Waals surface area contributed by atoms with E-state index in [0.29, 0.717) is 30.6 Å². The maximum atomic E-state index is 12.0. The lowest BCUT2D eigenvalue weighted by molar-refractivity contribution is -0.155. The molecule has 0 amide bonds. The number of likely N-dealkylation sites (tertiary alicyclic amines) is 1. The van der Waals surface area contributed by atoms with Crippen LogP contribution in [0.5, 0.6) is 11.6 Å². The molecule has 1 atom stereocenters. The van der Waals surface area contributed by atoms with Crippen LogP contribution in [0, 0.1) is 5.92 Å². The van der Waals surface area contributed by atoms with Crippen molar-refractivity contribution >= 4 is 5.97 Å². The third-order valence-electron chi connectivity index (χ3n) is 6.02. The first-order valence-electron chi connectivity index (χ1n) is 11.6. The van der Waals surface area contributed by atoms with E-state index in [1.54, 1.807) is 6.20 Å². The Morgan fingerprint density at radius 2 is 1.91 bits per heavy atom. The summed E-state index contributed by atoms with van der Waals surface area (Å²) in [6, 6.07) is 12.3. The van der Waals surface area contributed by atoms with Crippen LogP contribution in [-0.4, -0.2) is 41.2 Å². The SMILES string of the molecule is CC(C)(C)OC(=O)CCC1CCN(Cc2ccc([C@H]3COc4cccnc4O3)cc2)CC1. The van der Waals surface area contributed by atoms with E-state index in [-0.39, 0.29) is 12.1 Å². The number of nitrogens with zero attached hydrogens (tertiary/aromatic N) is 2. The average molecular weight is 439 g/mol. The predicted octanol–water partition coefficient (Wildman–Crippen LogP) is 4.93. The highest BCUT2D eigenvalue weighted by Gasteiger charge is 2.24. The number of esters is 1. The molecule has 2 aliphatic heterocycles. The van der Waals surface area contributed by atoms with Gasteiger partial charge >= 0.3 is 5.97 Å². The third kappa shape index (κ3) is 6.22. The van der Waals surface area contributed by atoms with E-state index in [1.165, 1.54) is 5.56 Å². The number of hydrogen-bond acceptors (Lipinski definition) is 6. The Morgan fingerprint density at radius 3 is 2.62 bits per heavy atom. The van der Waals surface area contributed by atoms with Crippen molar-refractivity contribution in [3.63, 3.8) is 0 Å². The first kappa shape index (κ1) is 22.6. The van der Waals surface area contributed by atoms with E-state index in [4.69, 9.17) is 14.2 Å². The van der Waals surface area contributed by atoms with E-state index in [2.05, 4.69) is 34.1 Å². The summed E-state index contributed by atoms with van der Waals surface area (Å²) in [7, 11) is 0. The minimum absolute atomic E-state index is 0.0772. The molecule has 32 heavy (non-hydrogen) atoms. The number of benzene rings is 1. The monoisotopic (exact) mass is 438 g/mol. The van der Waals surface area contributed by atoms with Gasteiger partial charge in [-0.05, 0) is 82.3 Å². The lowest BCUT2D eigenvalue weighted by atomic mass is 9.92. The van der Waals surface area contributed by atoms with Gasteiger partial charge in [-0.1, -0.05) is 24.3 Å². The number of ether oxygens (including phenoxy) is 3. The first-order chi connectivity index (χ1) is 15.4. The second-order valence-electron chi connectivity index (χ2n) is 9.81. The fourth-order valence-electron chi connectivity index (χ4n) is 4.32. The lowest BCUT2D eigenvalue weighted by Gasteiger charge is -2.32. The Bertz CT molecular complexity index is 899. The minimum atomic E-state index is -0.395. The van der Waals surface area contributed by atoms with Crippen molar-refractivity contribution < 1.29 is 19.0 Å².